The minimum atomic E-state index is 0.688. The summed E-state index contributed by atoms with van der Waals surface area (Å²) in [5, 5.41) is 3.71. The van der Waals surface area contributed by atoms with Gasteiger partial charge in [0.2, 0.25) is 0 Å². The molecule has 0 saturated carbocycles. The molecule has 2 aromatic rings. The molecule has 1 saturated heterocycles. The van der Waals surface area contributed by atoms with Crippen LogP contribution in [-0.2, 0) is 6.54 Å². The minimum absolute atomic E-state index is 0.688. The van der Waals surface area contributed by atoms with E-state index in [1.54, 1.807) is 0 Å². The van der Waals surface area contributed by atoms with Crippen molar-refractivity contribution in [1.29, 1.82) is 0 Å². The summed E-state index contributed by atoms with van der Waals surface area (Å²) in [7, 11) is 2.21. The number of rotatable bonds is 4. The van der Waals surface area contributed by atoms with E-state index in [0.29, 0.717) is 6.04 Å². The maximum Gasteiger partial charge on any atom is 0.0346 e. The molecule has 0 spiro atoms. The third-order valence-electron chi connectivity index (χ3n) is 4.00. The first kappa shape index (κ1) is 13.8. The maximum atomic E-state index is 3.71. The monoisotopic (exact) mass is 286 g/mol. The largest absolute Gasteiger partial charge is 0.309 e. The number of hydrogen-bond acceptors (Lipinski definition) is 3. The highest BCUT2D eigenvalue weighted by atomic mass is 32.1. The lowest BCUT2D eigenvalue weighted by atomic mass is 10.1. The molecule has 1 fully saturated rings. The number of likely N-dealkylation sites (tertiary alicyclic amines) is 1. The second-order valence-corrected chi connectivity index (χ2v) is 6.76. The predicted octanol–water partition coefficient (Wildman–Crippen LogP) is 3.60. The Bertz CT molecular complexity index is 527. The van der Waals surface area contributed by atoms with Crippen molar-refractivity contribution in [1.82, 2.24) is 10.2 Å². The number of hydrogen-bond donors (Lipinski definition) is 1. The van der Waals surface area contributed by atoms with E-state index in [1.807, 2.05) is 11.3 Å². The van der Waals surface area contributed by atoms with Crippen molar-refractivity contribution in [2.75, 3.05) is 20.1 Å². The normalized spacial score (nSPS) is 17.4. The van der Waals surface area contributed by atoms with Crippen LogP contribution in [0.2, 0.25) is 0 Å². The van der Waals surface area contributed by atoms with Gasteiger partial charge in [0.25, 0.3) is 0 Å². The van der Waals surface area contributed by atoms with Crippen LogP contribution in [0.4, 0.5) is 0 Å². The molecule has 0 atom stereocenters. The van der Waals surface area contributed by atoms with Gasteiger partial charge in [-0.25, -0.2) is 0 Å². The first-order valence-electron chi connectivity index (χ1n) is 7.37. The fraction of sp³-hybridized carbons (Fsp3) is 0.412. The summed E-state index contributed by atoms with van der Waals surface area (Å²) < 4.78 is 0. The minimum Gasteiger partial charge on any atom is -0.309 e. The molecule has 3 rings (SSSR count). The van der Waals surface area contributed by atoms with Crippen molar-refractivity contribution in [3.05, 3.63) is 47.3 Å². The second kappa shape index (κ2) is 6.53. The van der Waals surface area contributed by atoms with Gasteiger partial charge in [-0.2, -0.15) is 0 Å². The van der Waals surface area contributed by atoms with Crippen LogP contribution >= 0.6 is 11.3 Å². The van der Waals surface area contributed by atoms with Gasteiger partial charge in [-0.1, -0.05) is 30.3 Å². The topological polar surface area (TPSA) is 15.3 Å². The zero-order valence-electron chi connectivity index (χ0n) is 12.0. The van der Waals surface area contributed by atoms with E-state index in [2.05, 4.69) is 59.7 Å². The number of piperidine rings is 1. The summed E-state index contributed by atoms with van der Waals surface area (Å²) in [4.78, 5) is 5.21. The van der Waals surface area contributed by atoms with Gasteiger partial charge in [0.15, 0.2) is 0 Å². The Morgan fingerprint density at radius 2 is 1.85 bits per heavy atom. The number of nitrogens with one attached hydrogen (secondary N) is 1. The van der Waals surface area contributed by atoms with Gasteiger partial charge < -0.3 is 10.2 Å². The highest BCUT2D eigenvalue weighted by Crippen LogP contribution is 2.27. The van der Waals surface area contributed by atoms with E-state index < -0.39 is 0 Å². The van der Waals surface area contributed by atoms with Crippen molar-refractivity contribution in [3.63, 3.8) is 0 Å². The molecule has 0 unspecified atom stereocenters. The molecule has 1 aromatic heterocycles. The molecule has 1 aromatic carbocycles. The van der Waals surface area contributed by atoms with Crippen LogP contribution in [0.25, 0.3) is 10.4 Å². The predicted molar refractivity (Wildman–Crippen MR) is 87.1 cm³/mol. The van der Waals surface area contributed by atoms with Crippen LogP contribution in [0.15, 0.2) is 42.5 Å². The van der Waals surface area contributed by atoms with Gasteiger partial charge in [0.1, 0.15) is 0 Å². The molecule has 1 aliphatic heterocycles. The summed E-state index contributed by atoms with van der Waals surface area (Å²) in [6.07, 6.45) is 2.54. The molecule has 0 radical (unpaired) electrons. The van der Waals surface area contributed by atoms with E-state index in [4.69, 9.17) is 0 Å². The van der Waals surface area contributed by atoms with Crippen LogP contribution < -0.4 is 5.32 Å². The molecule has 0 amide bonds. The molecule has 3 heteroatoms. The second-order valence-electron chi connectivity index (χ2n) is 5.59. The van der Waals surface area contributed by atoms with Gasteiger partial charge >= 0.3 is 0 Å². The van der Waals surface area contributed by atoms with Crippen molar-refractivity contribution in [2.24, 2.45) is 0 Å². The van der Waals surface area contributed by atoms with Gasteiger partial charge in [-0.3, -0.25) is 0 Å². The average Bonchev–Trinajstić information content (AvgIpc) is 2.97. The molecule has 106 valence electrons. The highest BCUT2D eigenvalue weighted by Gasteiger charge is 2.16. The SMILES string of the molecule is CN1CCC(NCc2ccc(-c3ccccc3)s2)CC1. The van der Waals surface area contributed by atoms with Crippen molar-refractivity contribution in [3.8, 4) is 10.4 Å². The summed E-state index contributed by atoms with van der Waals surface area (Å²) in [6.45, 7) is 3.45. The Balaban J connectivity index is 1.55. The van der Waals surface area contributed by atoms with Gasteiger partial charge in [0.05, 0.1) is 0 Å². The molecule has 2 nitrogen and oxygen atoms in total. The van der Waals surface area contributed by atoms with Crippen LogP contribution in [0.5, 0.6) is 0 Å². The van der Waals surface area contributed by atoms with E-state index in [-0.39, 0.29) is 0 Å². The summed E-state index contributed by atoms with van der Waals surface area (Å²) in [6, 6.07) is 15.8. The molecule has 1 aliphatic rings. The molecule has 20 heavy (non-hydrogen) atoms. The third kappa shape index (κ3) is 3.48. The molecule has 1 N–H and O–H groups in total. The van der Waals surface area contributed by atoms with Gasteiger partial charge in [-0.05, 0) is 50.7 Å². The van der Waals surface area contributed by atoms with Gasteiger partial charge in [0, 0.05) is 22.3 Å². The lowest BCUT2D eigenvalue weighted by molar-refractivity contribution is 0.234. The lowest BCUT2D eigenvalue weighted by Crippen LogP contribution is -2.40. The molecule has 0 aliphatic carbocycles. The van der Waals surface area contributed by atoms with E-state index in [1.165, 1.54) is 41.2 Å². The zero-order chi connectivity index (χ0) is 13.8. The van der Waals surface area contributed by atoms with Crippen LogP contribution in [0.3, 0.4) is 0 Å². The standard InChI is InChI=1S/C17H22N2S/c1-19-11-9-15(10-12-19)18-13-16-7-8-17(20-16)14-5-3-2-4-6-14/h2-8,15,18H,9-13H2,1H3. The Morgan fingerprint density at radius 3 is 2.60 bits per heavy atom. The molecular formula is C17H22N2S. The quantitative estimate of drug-likeness (QED) is 0.924. The lowest BCUT2D eigenvalue weighted by Gasteiger charge is -2.29. The zero-order valence-corrected chi connectivity index (χ0v) is 12.8. The van der Waals surface area contributed by atoms with Crippen molar-refractivity contribution < 1.29 is 0 Å². The van der Waals surface area contributed by atoms with E-state index in [0.717, 1.165) is 6.54 Å². The Kier molecular flexibility index (Phi) is 4.51. The first-order valence-corrected chi connectivity index (χ1v) is 8.19. The fourth-order valence-electron chi connectivity index (χ4n) is 2.69. The number of benzene rings is 1. The van der Waals surface area contributed by atoms with Crippen molar-refractivity contribution in [2.45, 2.75) is 25.4 Å². The maximum absolute atomic E-state index is 3.71. The Labute approximate surface area is 125 Å². The first-order chi connectivity index (χ1) is 9.81. The van der Waals surface area contributed by atoms with E-state index >= 15 is 0 Å². The van der Waals surface area contributed by atoms with E-state index in [9.17, 15) is 0 Å². The van der Waals surface area contributed by atoms with Crippen LogP contribution in [0, 0.1) is 0 Å². The third-order valence-corrected chi connectivity index (χ3v) is 5.14. The summed E-state index contributed by atoms with van der Waals surface area (Å²) in [5.74, 6) is 0. The molecular weight excluding hydrogens is 264 g/mol. The van der Waals surface area contributed by atoms with Gasteiger partial charge in [-0.15, -0.1) is 11.3 Å². The number of thiophene rings is 1. The average molecular weight is 286 g/mol. The van der Waals surface area contributed by atoms with Crippen molar-refractivity contribution >= 4 is 11.3 Å². The van der Waals surface area contributed by atoms with Crippen LogP contribution in [-0.4, -0.2) is 31.1 Å². The molecule has 0 bridgehead atoms. The molecule has 2 heterocycles. The Hall–Kier alpha value is -1.16. The number of nitrogens with zero attached hydrogens (tertiary/aromatic N) is 1. The van der Waals surface area contributed by atoms with Crippen LogP contribution in [0.1, 0.15) is 17.7 Å². The summed E-state index contributed by atoms with van der Waals surface area (Å²) >= 11 is 1.90. The smallest absolute Gasteiger partial charge is 0.0346 e. The highest BCUT2D eigenvalue weighted by molar-refractivity contribution is 7.15. The Morgan fingerprint density at radius 1 is 1.10 bits per heavy atom. The fourth-order valence-corrected chi connectivity index (χ4v) is 3.65. The summed E-state index contributed by atoms with van der Waals surface area (Å²) in [5.41, 5.74) is 1.32.